The van der Waals surface area contributed by atoms with Crippen molar-refractivity contribution < 1.29 is 129 Å². The Bertz CT molecular complexity index is 4490. The molecule has 11 N–H and O–H groups in total. The Hall–Kier alpha value is -14.4. The SMILES string of the molecule is CC(C)[C@H](NC(=O)OCCOCCN1C(=O)C=CC1=O)C(=O)C[C@@H](CCCNC(N)=O)C(=O)Nc1ccc(COC(=O)Oc2ccc([N+](=O)[O-])cc2)cc1.CC(C)[C@H](NC(=O)OCCOCCn1cc(CNC(=O)OCCOCCN2C(=O)C=CC2=O)nn1)C(=O)C[C@@H](CCCNC(N)=O)C(=O)Nc1ccc(COC(=O)Oc2ccc([N+](=O)[O-])cc2)cc1. The molecule has 123 heavy (non-hydrogen) atoms. The zero-order valence-electron chi connectivity index (χ0n) is 67.5. The van der Waals surface area contributed by atoms with Gasteiger partial charge >= 0.3 is 42.7 Å². The zero-order valence-corrected chi connectivity index (χ0v) is 67.5. The zero-order chi connectivity index (χ0) is 89.8. The van der Waals surface area contributed by atoms with Crippen LogP contribution < -0.4 is 58.2 Å². The van der Waals surface area contributed by atoms with Crippen LogP contribution in [0.3, 0.4) is 0 Å². The number of nitro benzene ring substituents is 2. The van der Waals surface area contributed by atoms with Crippen LogP contribution in [0.2, 0.25) is 0 Å². The normalized spacial score (nSPS) is 13.0. The van der Waals surface area contributed by atoms with Crippen LogP contribution in [0.25, 0.3) is 0 Å². The number of aromatic nitrogens is 3. The number of nitrogens with one attached hydrogen (secondary N) is 7. The number of ketones is 2. The Kier molecular flexibility index (Phi) is 41.1. The van der Waals surface area contributed by atoms with Crippen LogP contribution in [-0.2, 0) is 103 Å². The highest BCUT2D eigenvalue weighted by molar-refractivity contribution is 6.13. The lowest BCUT2D eigenvalue weighted by atomic mass is 9.89. The minimum absolute atomic E-state index is 0.0183. The molecule has 3 heterocycles. The van der Waals surface area contributed by atoms with Crippen LogP contribution >= 0.6 is 0 Å². The Morgan fingerprint density at radius 2 is 0.821 bits per heavy atom. The van der Waals surface area contributed by atoms with Crippen molar-refractivity contribution in [3.8, 4) is 11.5 Å². The number of Topliss-reactive ketones (excluding diaryl/α,β-unsaturated/α-hetero) is 2. The van der Waals surface area contributed by atoms with E-state index >= 15 is 0 Å². The Morgan fingerprint density at radius 1 is 0.455 bits per heavy atom. The molecule has 0 unspecified atom stereocenters. The molecule has 2 aliphatic rings. The van der Waals surface area contributed by atoms with Gasteiger partial charge in [-0.05, 0) is 97.2 Å². The van der Waals surface area contributed by atoms with Crippen molar-refractivity contribution in [2.24, 2.45) is 35.1 Å². The largest absolute Gasteiger partial charge is 0.514 e. The van der Waals surface area contributed by atoms with E-state index in [1.54, 1.807) is 82.4 Å². The number of non-ortho nitro benzene ring substituents is 2. The number of carbonyl (C=O) groups is 15. The number of alkyl carbamates (subject to hydrolysis) is 3. The van der Waals surface area contributed by atoms with Crippen molar-refractivity contribution >= 4 is 112 Å². The second-order valence-electron chi connectivity index (χ2n) is 27.4. The number of nitrogens with two attached hydrogens (primary N) is 2. The molecule has 4 atom stereocenters. The molecule has 5 aromatic rings. The number of anilines is 2. The summed E-state index contributed by atoms with van der Waals surface area (Å²) < 4.78 is 53.2. The Morgan fingerprint density at radius 3 is 1.18 bits per heavy atom. The molecule has 2 aliphatic heterocycles. The highest BCUT2D eigenvalue weighted by Crippen LogP contribution is 2.25. The van der Waals surface area contributed by atoms with Crippen molar-refractivity contribution in [1.29, 1.82) is 0 Å². The molecule has 0 saturated heterocycles. The van der Waals surface area contributed by atoms with Gasteiger partial charge in [0, 0.05) is 97.7 Å². The molecule has 1 aromatic heterocycles. The maximum Gasteiger partial charge on any atom is 0.514 e. The number of amides is 13. The monoisotopic (exact) mass is 1720 g/mol. The second-order valence-corrected chi connectivity index (χ2v) is 27.4. The van der Waals surface area contributed by atoms with Gasteiger partial charge in [0.1, 0.15) is 50.2 Å². The summed E-state index contributed by atoms with van der Waals surface area (Å²) in [6.45, 7) is 7.29. The fourth-order valence-corrected chi connectivity index (χ4v) is 11.2. The first-order valence-corrected chi connectivity index (χ1v) is 38.4. The van der Waals surface area contributed by atoms with Gasteiger partial charge in [-0.1, -0.05) is 57.2 Å². The van der Waals surface area contributed by atoms with Crippen molar-refractivity contribution in [3.63, 3.8) is 0 Å². The molecule has 4 aromatic carbocycles. The maximum absolute atomic E-state index is 13.6. The predicted molar refractivity (Wildman–Crippen MR) is 426 cm³/mol. The van der Waals surface area contributed by atoms with Crippen LogP contribution in [-0.4, -0.2) is 222 Å². The number of carbonyl (C=O) groups excluding carboxylic acids is 15. The highest BCUT2D eigenvalue weighted by Gasteiger charge is 2.33. The summed E-state index contributed by atoms with van der Waals surface area (Å²) >= 11 is 0. The van der Waals surface area contributed by atoms with E-state index in [-0.39, 0.29) is 172 Å². The first kappa shape index (κ1) is 97.5. The van der Waals surface area contributed by atoms with E-state index in [1.807, 2.05) is 0 Å². The fourth-order valence-electron chi connectivity index (χ4n) is 11.2. The predicted octanol–water partition coefficient (Wildman–Crippen LogP) is 5.46. The summed E-state index contributed by atoms with van der Waals surface area (Å²) in [4.78, 5) is 206. The molecule has 0 fully saturated rings. The molecule has 662 valence electrons. The van der Waals surface area contributed by atoms with Crippen LogP contribution in [0, 0.1) is 43.9 Å². The summed E-state index contributed by atoms with van der Waals surface area (Å²) in [6, 6.07) is 18.9. The number of hydrogen-bond donors (Lipinski definition) is 9. The maximum atomic E-state index is 13.6. The van der Waals surface area contributed by atoms with Gasteiger partial charge in [-0.2, -0.15) is 0 Å². The number of rotatable bonds is 50. The number of urea groups is 2. The third-order valence-electron chi connectivity index (χ3n) is 17.5. The minimum atomic E-state index is -1.04. The van der Waals surface area contributed by atoms with E-state index in [1.165, 1.54) is 65.4 Å². The van der Waals surface area contributed by atoms with Crippen LogP contribution in [0.1, 0.15) is 83.0 Å². The molecule has 45 nitrogen and oxygen atoms in total. The third-order valence-corrected chi connectivity index (χ3v) is 17.5. The molecule has 13 amide bonds. The van der Waals surface area contributed by atoms with Gasteiger partial charge < -0.3 is 96.1 Å². The molecular formula is C78H96N16O29. The standard InChI is InChI=1S/C43H54N10O16.C35H42N6O13/c1-28(2)38(48-42(60)67-23-21-64-18-16-51-26-32(49-50-51)25-46-41(59)66-22-20-65-19-17-52-36(55)13-14-37(52)56)35(54)24-30(4-3-15-45-40(44)58)39(57)47-31-7-5-29(6-8-31)27-68-43(61)69-34-11-9-33(10-12-34)53(62)63;1-22(2)31(39-34(47)52-19-18-51-17-16-40-29(43)13-14-30(40)44)28(42)20-24(4-3-15-37-33(36)46)32(45)38-25-7-5-23(6-8-25)21-53-35(48)54-27-11-9-26(10-12-27)41(49)50/h5-14,26,28,30,38H,3-4,15-25,27H2,1-2H3,(H,46,59)(H,47,57)(H,48,60)(H3,44,45,58);5-14,22,24,31H,3-4,15-21H2,1-2H3,(H,38,45)(H,39,47)(H3,36,37,46)/t30-,38+;24-,31+/m11/s1. The van der Waals surface area contributed by atoms with Gasteiger partial charge in [0.05, 0.1) is 93.9 Å². The molecule has 0 saturated carbocycles. The topological polar surface area (TPSA) is 608 Å². The average molecular weight is 1720 g/mol. The molecule has 45 heteroatoms. The molecule has 0 aliphatic carbocycles. The van der Waals surface area contributed by atoms with Crippen LogP contribution in [0.15, 0.2) is 128 Å². The summed E-state index contributed by atoms with van der Waals surface area (Å²) in [5.41, 5.74) is 12.3. The highest BCUT2D eigenvalue weighted by atomic mass is 16.7. The molecule has 0 bridgehead atoms. The third kappa shape index (κ3) is 36.8. The van der Waals surface area contributed by atoms with Gasteiger partial charge in [0.25, 0.3) is 35.0 Å². The van der Waals surface area contributed by atoms with Crippen LogP contribution in [0.4, 0.5) is 56.3 Å². The van der Waals surface area contributed by atoms with Crippen molar-refractivity contribution in [2.45, 2.75) is 105 Å². The quantitative estimate of drug-likeness (QED) is 0.00443. The first-order valence-electron chi connectivity index (χ1n) is 38.4. The Balaban J connectivity index is 0.000000392. The molecule has 7 rings (SSSR count). The average Bonchev–Trinajstić information content (AvgIpc) is 1.51. The van der Waals surface area contributed by atoms with Crippen molar-refractivity contribution in [2.75, 3.05) is 96.3 Å². The molecule has 0 spiro atoms. The minimum Gasteiger partial charge on any atom is -0.447 e. The summed E-state index contributed by atoms with van der Waals surface area (Å²) in [5.74, 6) is -5.91. The number of nitrogens with zero attached hydrogens (tertiary/aromatic N) is 7. The number of primary amides is 2. The van der Waals surface area contributed by atoms with Crippen molar-refractivity contribution in [3.05, 3.63) is 165 Å². The van der Waals surface area contributed by atoms with Gasteiger partial charge in [0.2, 0.25) is 11.8 Å². The number of benzene rings is 4. The first-order chi connectivity index (χ1) is 58.8. The second kappa shape index (κ2) is 51.8. The van der Waals surface area contributed by atoms with E-state index in [0.29, 0.717) is 41.0 Å². The lowest BCUT2D eigenvalue weighted by molar-refractivity contribution is -0.385. The van der Waals surface area contributed by atoms with E-state index in [2.05, 4.69) is 47.5 Å². The number of nitro groups is 2. The lowest BCUT2D eigenvalue weighted by Gasteiger charge is -2.24. The van der Waals surface area contributed by atoms with Gasteiger partial charge in [-0.25, -0.2) is 38.2 Å². The summed E-state index contributed by atoms with van der Waals surface area (Å²) in [5, 5.41) is 47.6. The summed E-state index contributed by atoms with van der Waals surface area (Å²) in [6.07, 6.45) is 2.24. The number of imide groups is 2. The molecule has 0 radical (unpaired) electrons. The Labute approximate surface area is 702 Å². The van der Waals surface area contributed by atoms with E-state index < -0.39 is 123 Å². The van der Waals surface area contributed by atoms with Gasteiger partial charge in [-0.3, -0.25) is 68.4 Å². The van der Waals surface area contributed by atoms with Crippen molar-refractivity contribution in [1.82, 2.24) is 51.4 Å². The summed E-state index contributed by atoms with van der Waals surface area (Å²) in [7, 11) is 0. The van der Waals surface area contributed by atoms with E-state index in [0.717, 1.165) is 22.0 Å². The van der Waals surface area contributed by atoms with Gasteiger partial charge in [-0.15, -0.1) is 5.10 Å². The smallest absolute Gasteiger partial charge is 0.447 e. The number of ether oxygens (including phenoxy) is 10. The fraction of sp³-hybridized carbons (Fsp3) is 0.423. The van der Waals surface area contributed by atoms with E-state index in [9.17, 15) is 92.1 Å². The van der Waals surface area contributed by atoms with Gasteiger partial charge in [0.15, 0.2) is 11.6 Å². The number of hydrogen-bond acceptors (Lipinski definition) is 31. The lowest BCUT2D eigenvalue weighted by Crippen LogP contribution is -2.46. The van der Waals surface area contributed by atoms with Crippen LogP contribution in [0.5, 0.6) is 11.5 Å². The van der Waals surface area contributed by atoms with E-state index in [4.69, 9.17) is 58.8 Å². The molecular weight excluding hydrogens is 1620 g/mol.